The number of rotatable bonds is 4. The first kappa shape index (κ1) is 15.7. The van der Waals surface area contributed by atoms with Gasteiger partial charge in [0.15, 0.2) is 0 Å². The summed E-state index contributed by atoms with van der Waals surface area (Å²) in [7, 11) is 0. The van der Waals surface area contributed by atoms with Gasteiger partial charge in [-0.05, 0) is 55.2 Å². The average Bonchev–Trinajstić information content (AvgIpc) is 2.55. The molecule has 0 aromatic heterocycles. The molecule has 0 spiro atoms. The van der Waals surface area contributed by atoms with Crippen molar-refractivity contribution in [3.05, 3.63) is 57.5 Å². The lowest BCUT2D eigenvalue weighted by molar-refractivity contribution is 0.578. The van der Waals surface area contributed by atoms with Crippen LogP contribution < -0.4 is 10.2 Å². The van der Waals surface area contributed by atoms with Gasteiger partial charge in [-0.2, -0.15) is 0 Å². The minimum absolute atomic E-state index is 0.798. The third-order valence-corrected chi connectivity index (χ3v) is 4.89. The molecular weight excluding hydrogens is 360 g/mol. The van der Waals surface area contributed by atoms with E-state index in [1.807, 2.05) is 6.07 Å². The largest absolute Gasteiger partial charge is 0.381 e. The van der Waals surface area contributed by atoms with Crippen molar-refractivity contribution >= 4 is 38.9 Å². The van der Waals surface area contributed by atoms with E-state index in [2.05, 4.69) is 62.5 Å². The average molecular weight is 380 g/mol. The second-order valence-electron chi connectivity index (χ2n) is 5.69. The van der Waals surface area contributed by atoms with E-state index >= 15 is 0 Å². The van der Waals surface area contributed by atoms with Crippen LogP contribution in [0, 0.1) is 0 Å². The van der Waals surface area contributed by atoms with Gasteiger partial charge in [0.25, 0.3) is 0 Å². The minimum Gasteiger partial charge on any atom is -0.381 e. The predicted octanol–water partition coefficient (Wildman–Crippen LogP) is 5.70. The molecule has 0 unspecified atom stereocenters. The second-order valence-corrected chi connectivity index (χ2v) is 7.02. The highest BCUT2D eigenvalue weighted by Gasteiger charge is 2.13. The van der Waals surface area contributed by atoms with Crippen molar-refractivity contribution in [3.8, 4) is 0 Å². The van der Waals surface area contributed by atoms with Crippen LogP contribution in [0.2, 0.25) is 5.02 Å². The van der Waals surface area contributed by atoms with Crippen LogP contribution >= 0.6 is 27.5 Å². The van der Waals surface area contributed by atoms with Gasteiger partial charge in [-0.3, -0.25) is 0 Å². The van der Waals surface area contributed by atoms with E-state index in [4.69, 9.17) is 11.6 Å². The van der Waals surface area contributed by atoms with Crippen molar-refractivity contribution < 1.29 is 0 Å². The van der Waals surface area contributed by atoms with Crippen LogP contribution in [-0.4, -0.2) is 13.1 Å². The molecule has 2 aromatic rings. The van der Waals surface area contributed by atoms with E-state index in [1.54, 1.807) is 0 Å². The molecule has 3 rings (SSSR count). The van der Waals surface area contributed by atoms with Crippen LogP contribution in [0.4, 0.5) is 11.4 Å². The fraction of sp³-hybridized carbons (Fsp3) is 0.333. The number of hydrogen-bond donors (Lipinski definition) is 1. The summed E-state index contributed by atoms with van der Waals surface area (Å²) in [6, 6.07) is 14.6. The third-order valence-electron chi connectivity index (χ3n) is 4.05. The molecule has 116 valence electrons. The van der Waals surface area contributed by atoms with Gasteiger partial charge in [-0.25, -0.2) is 0 Å². The Balaban J connectivity index is 1.65. The molecule has 22 heavy (non-hydrogen) atoms. The fourth-order valence-electron chi connectivity index (χ4n) is 2.81. The van der Waals surface area contributed by atoms with Gasteiger partial charge in [0, 0.05) is 29.8 Å². The molecule has 1 saturated heterocycles. The predicted molar refractivity (Wildman–Crippen MR) is 99.0 cm³/mol. The van der Waals surface area contributed by atoms with E-state index < -0.39 is 0 Å². The molecule has 0 aliphatic carbocycles. The number of anilines is 2. The fourth-order valence-corrected chi connectivity index (χ4v) is 3.38. The van der Waals surface area contributed by atoms with Crippen LogP contribution in [0.3, 0.4) is 0 Å². The van der Waals surface area contributed by atoms with Crippen molar-refractivity contribution in [2.75, 3.05) is 23.3 Å². The van der Waals surface area contributed by atoms with Gasteiger partial charge in [-0.15, -0.1) is 0 Å². The molecule has 2 nitrogen and oxygen atoms in total. The summed E-state index contributed by atoms with van der Waals surface area (Å²) in [5.74, 6) is 0. The Bertz CT molecular complexity index is 621. The summed E-state index contributed by atoms with van der Waals surface area (Å²) in [4.78, 5) is 2.39. The molecular formula is C18H20BrClN2. The second kappa shape index (κ2) is 7.38. The topological polar surface area (TPSA) is 15.3 Å². The first-order chi connectivity index (χ1) is 10.7. The Labute approximate surface area is 145 Å². The molecule has 0 saturated carbocycles. The molecule has 2 aromatic carbocycles. The summed E-state index contributed by atoms with van der Waals surface area (Å²) in [6.45, 7) is 3.03. The molecule has 1 heterocycles. The summed E-state index contributed by atoms with van der Waals surface area (Å²) >= 11 is 9.93. The van der Waals surface area contributed by atoms with Crippen LogP contribution in [0.5, 0.6) is 0 Å². The van der Waals surface area contributed by atoms with Crippen LogP contribution in [-0.2, 0) is 6.54 Å². The van der Waals surface area contributed by atoms with Crippen molar-refractivity contribution in [3.63, 3.8) is 0 Å². The lowest BCUT2D eigenvalue weighted by atomic mass is 10.1. The zero-order valence-electron chi connectivity index (χ0n) is 12.5. The van der Waals surface area contributed by atoms with Crippen molar-refractivity contribution in [1.82, 2.24) is 0 Å². The summed E-state index contributed by atoms with van der Waals surface area (Å²) < 4.78 is 1.10. The van der Waals surface area contributed by atoms with Gasteiger partial charge in [-0.1, -0.05) is 39.7 Å². The summed E-state index contributed by atoms with van der Waals surface area (Å²) in [5.41, 5.74) is 3.48. The Hall–Kier alpha value is -1.19. The van der Waals surface area contributed by atoms with E-state index in [9.17, 15) is 0 Å². The SMILES string of the molecule is Clc1cc(NCc2ccc(Br)cc2)ccc1N1CCCCC1. The zero-order chi connectivity index (χ0) is 15.4. The Kier molecular flexibility index (Phi) is 5.27. The lowest BCUT2D eigenvalue weighted by Gasteiger charge is -2.29. The van der Waals surface area contributed by atoms with Crippen LogP contribution in [0.25, 0.3) is 0 Å². The third kappa shape index (κ3) is 3.96. The highest BCUT2D eigenvalue weighted by Crippen LogP contribution is 2.31. The van der Waals surface area contributed by atoms with Crippen molar-refractivity contribution in [2.24, 2.45) is 0 Å². The van der Waals surface area contributed by atoms with Gasteiger partial charge in [0.1, 0.15) is 0 Å². The van der Waals surface area contributed by atoms with Crippen molar-refractivity contribution in [1.29, 1.82) is 0 Å². The number of nitrogens with zero attached hydrogens (tertiary/aromatic N) is 1. The van der Waals surface area contributed by atoms with E-state index in [0.717, 1.165) is 40.5 Å². The lowest BCUT2D eigenvalue weighted by Crippen LogP contribution is -2.29. The molecule has 0 radical (unpaired) electrons. The first-order valence-electron chi connectivity index (χ1n) is 7.75. The van der Waals surface area contributed by atoms with Crippen LogP contribution in [0.1, 0.15) is 24.8 Å². The maximum Gasteiger partial charge on any atom is 0.0660 e. The zero-order valence-corrected chi connectivity index (χ0v) is 14.8. The summed E-state index contributed by atoms with van der Waals surface area (Å²) in [5, 5.41) is 4.27. The Morgan fingerprint density at radius 1 is 1.00 bits per heavy atom. The van der Waals surface area contributed by atoms with E-state index in [-0.39, 0.29) is 0 Å². The monoisotopic (exact) mass is 378 g/mol. The van der Waals surface area contributed by atoms with Crippen LogP contribution in [0.15, 0.2) is 46.9 Å². The Morgan fingerprint density at radius 2 is 1.73 bits per heavy atom. The molecule has 0 atom stereocenters. The molecule has 1 N–H and O–H groups in total. The molecule has 1 aliphatic heterocycles. The smallest absolute Gasteiger partial charge is 0.0660 e. The Morgan fingerprint density at radius 3 is 2.41 bits per heavy atom. The molecule has 0 amide bonds. The molecule has 0 bridgehead atoms. The van der Waals surface area contributed by atoms with Gasteiger partial charge < -0.3 is 10.2 Å². The van der Waals surface area contributed by atoms with Gasteiger partial charge in [0.2, 0.25) is 0 Å². The van der Waals surface area contributed by atoms with Gasteiger partial charge in [0.05, 0.1) is 10.7 Å². The maximum absolute atomic E-state index is 6.48. The highest BCUT2D eigenvalue weighted by atomic mass is 79.9. The molecule has 4 heteroatoms. The first-order valence-corrected chi connectivity index (χ1v) is 8.92. The summed E-state index contributed by atoms with van der Waals surface area (Å²) in [6.07, 6.45) is 3.86. The number of nitrogens with one attached hydrogen (secondary N) is 1. The number of benzene rings is 2. The molecule has 1 fully saturated rings. The molecule has 1 aliphatic rings. The minimum atomic E-state index is 0.798. The number of hydrogen-bond acceptors (Lipinski definition) is 2. The van der Waals surface area contributed by atoms with Crippen molar-refractivity contribution in [2.45, 2.75) is 25.8 Å². The normalized spacial score (nSPS) is 14.9. The maximum atomic E-state index is 6.48. The van der Waals surface area contributed by atoms with Gasteiger partial charge >= 0.3 is 0 Å². The standard InChI is InChI=1S/C18H20BrClN2/c19-15-6-4-14(5-7-15)13-21-16-8-9-18(17(20)12-16)22-10-2-1-3-11-22/h4-9,12,21H,1-3,10-11,13H2. The highest BCUT2D eigenvalue weighted by molar-refractivity contribution is 9.10. The quantitative estimate of drug-likeness (QED) is 0.732. The van der Waals surface area contributed by atoms with E-state index in [0.29, 0.717) is 0 Å². The number of piperidine rings is 1. The number of halogens is 2. The van der Waals surface area contributed by atoms with E-state index in [1.165, 1.54) is 24.8 Å².